The second-order valence-electron chi connectivity index (χ2n) is 5.60. The van der Waals surface area contributed by atoms with E-state index in [1.165, 1.54) is 0 Å². The Labute approximate surface area is 127 Å². The molecule has 0 unspecified atom stereocenters. The fraction of sp³-hybridized carbons (Fsp3) is 0.400. The molecule has 0 radical (unpaired) electrons. The lowest BCUT2D eigenvalue weighted by Crippen LogP contribution is -2.35. The molecule has 1 aromatic heterocycles. The number of oxazole rings is 1. The first-order valence-electron chi connectivity index (χ1n) is 6.42. The molecular formula is C15H19BrN2O2. The molecule has 0 fully saturated rings. The van der Waals surface area contributed by atoms with Gasteiger partial charge in [-0.3, -0.25) is 0 Å². The van der Waals surface area contributed by atoms with E-state index in [4.69, 9.17) is 9.15 Å². The summed E-state index contributed by atoms with van der Waals surface area (Å²) in [7, 11) is 1.64. The van der Waals surface area contributed by atoms with Gasteiger partial charge < -0.3 is 14.5 Å². The third-order valence-corrected chi connectivity index (χ3v) is 3.37. The average molecular weight is 339 g/mol. The first kappa shape index (κ1) is 15.1. The van der Waals surface area contributed by atoms with Gasteiger partial charge in [0.1, 0.15) is 12.0 Å². The minimum absolute atomic E-state index is 0.0578. The number of rotatable bonds is 4. The molecule has 2 aromatic rings. The van der Waals surface area contributed by atoms with Crippen LogP contribution in [0.2, 0.25) is 0 Å². The number of benzene rings is 1. The molecule has 1 aromatic carbocycles. The van der Waals surface area contributed by atoms with E-state index in [0.717, 1.165) is 21.5 Å². The number of nitrogens with zero attached hydrogens (tertiary/aromatic N) is 1. The number of hydrogen-bond donors (Lipinski definition) is 1. The maximum atomic E-state index is 5.53. The highest BCUT2D eigenvalue weighted by Gasteiger charge is 2.12. The summed E-state index contributed by atoms with van der Waals surface area (Å²) >= 11 is 3.46. The Morgan fingerprint density at radius 3 is 2.70 bits per heavy atom. The van der Waals surface area contributed by atoms with Gasteiger partial charge in [0.25, 0.3) is 0 Å². The lowest BCUT2D eigenvalue weighted by molar-refractivity contribution is 0.412. The summed E-state index contributed by atoms with van der Waals surface area (Å²) in [6.45, 7) is 7.04. The van der Waals surface area contributed by atoms with Crippen LogP contribution < -0.4 is 10.1 Å². The van der Waals surface area contributed by atoms with E-state index in [9.17, 15) is 0 Å². The molecule has 0 aliphatic rings. The molecule has 0 atom stereocenters. The predicted octanol–water partition coefficient (Wildman–Crippen LogP) is 4.00. The number of ether oxygens (including phenoxy) is 1. The third kappa shape index (κ3) is 3.84. The quantitative estimate of drug-likeness (QED) is 0.915. The predicted molar refractivity (Wildman–Crippen MR) is 82.8 cm³/mol. The Bertz CT molecular complexity index is 588. The average Bonchev–Trinajstić information content (AvgIpc) is 2.84. The normalized spacial score (nSPS) is 11.7. The highest BCUT2D eigenvalue weighted by molar-refractivity contribution is 9.10. The molecule has 0 spiro atoms. The van der Waals surface area contributed by atoms with Crippen LogP contribution in [-0.2, 0) is 6.54 Å². The summed E-state index contributed by atoms with van der Waals surface area (Å²) in [6.07, 6.45) is 1.69. The van der Waals surface area contributed by atoms with Gasteiger partial charge in [0, 0.05) is 17.6 Å². The maximum Gasteiger partial charge on any atom is 0.226 e. The molecule has 0 saturated heterocycles. The van der Waals surface area contributed by atoms with Gasteiger partial charge in [0.2, 0.25) is 5.89 Å². The summed E-state index contributed by atoms with van der Waals surface area (Å²) < 4.78 is 11.6. The van der Waals surface area contributed by atoms with Crippen LogP contribution in [0.3, 0.4) is 0 Å². The van der Waals surface area contributed by atoms with Crippen molar-refractivity contribution in [2.45, 2.75) is 32.9 Å². The van der Waals surface area contributed by atoms with Crippen LogP contribution in [0.15, 0.2) is 33.4 Å². The van der Waals surface area contributed by atoms with Gasteiger partial charge in [-0.15, -0.1) is 0 Å². The van der Waals surface area contributed by atoms with Crippen molar-refractivity contribution in [3.63, 3.8) is 0 Å². The van der Waals surface area contributed by atoms with Crippen molar-refractivity contribution < 1.29 is 9.15 Å². The summed E-state index contributed by atoms with van der Waals surface area (Å²) in [5.41, 5.74) is 1.86. The first-order valence-corrected chi connectivity index (χ1v) is 7.22. The molecule has 1 heterocycles. The lowest BCUT2D eigenvalue weighted by atomic mass is 10.1. The summed E-state index contributed by atoms with van der Waals surface area (Å²) in [6, 6.07) is 5.75. The van der Waals surface area contributed by atoms with Crippen LogP contribution in [0.4, 0.5) is 0 Å². The zero-order chi connectivity index (χ0) is 14.8. The number of methoxy groups -OCH3 is 1. The minimum atomic E-state index is 0.0578. The van der Waals surface area contributed by atoms with E-state index in [0.29, 0.717) is 12.4 Å². The molecule has 5 heteroatoms. The summed E-state index contributed by atoms with van der Waals surface area (Å²) in [5.74, 6) is 1.40. The maximum absolute atomic E-state index is 5.53. The zero-order valence-electron chi connectivity index (χ0n) is 12.2. The zero-order valence-corrected chi connectivity index (χ0v) is 13.7. The fourth-order valence-electron chi connectivity index (χ4n) is 1.68. The largest absolute Gasteiger partial charge is 0.496 e. The van der Waals surface area contributed by atoms with Crippen LogP contribution in [0.1, 0.15) is 26.5 Å². The van der Waals surface area contributed by atoms with Crippen LogP contribution >= 0.6 is 15.9 Å². The second-order valence-corrected chi connectivity index (χ2v) is 6.45. The Morgan fingerprint density at radius 1 is 1.35 bits per heavy atom. The molecule has 0 amide bonds. The molecule has 0 bridgehead atoms. The van der Waals surface area contributed by atoms with Gasteiger partial charge in [-0.2, -0.15) is 0 Å². The Balaban J connectivity index is 2.14. The topological polar surface area (TPSA) is 47.3 Å². The lowest BCUT2D eigenvalue weighted by Gasteiger charge is -2.19. The van der Waals surface area contributed by atoms with Gasteiger partial charge in [-0.1, -0.05) is 0 Å². The van der Waals surface area contributed by atoms with Gasteiger partial charge >= 0.3 is 0 Å². The first-order chi connectivity index (χ1) is 9.39. The van der Waals surface area contributed by atoms with Crippen LogP contribution in [0, 0.1) is 0 Å². The Kier molecular flexibility index (Phi) is 4.50. The SMILES string of the molecule is COc1ccc(-c2nc(CNC(C)(C)C)co2)cc1Br. The van der Waals surface area contributed by atoms with Crippen molar-refractivity contribution in [2.24, 2.45) is 0 Å². The second kappa shape index (κ2) is 5.97. The van der Waals surface area contributed by atoms with Crippen LogP contribution in [-0.4, -0.2) is 17.6 Å². The molecule has 2 rings (SSSR count). The van der Waals surface area contributed by atoms with E-state index in [-0.39, 0.29) is 5.54 Å². The van der Waals surface area contributed by atoms with Gasteiger partial charge in [-0.05, 0) is 54.9 Å². The third-order valence-electron chi connectivity index (χ3n) is 2.75. The molecule has 0 saturated carbocycles. The van der Waals surface area contributed by atoms with Gasteiger partial charge in [0.05, 0.1) is 17.3 Å². The number of hydrogen-bond acceptors (Lipinski definition) is 4. The molecule has 108 valence electrons. The molecule has 1 N–H and O–H groups in total. The Morgan fingerprint density at radius 2 is 2.10 bits per heavy atom. The van der Waals surface area contributed by atoms with Gasteiger partial charge in [0.15, 0.2) is 0 Å². The van der Waals surface area contributed by atoms with Crippen molar-refractivity contribution in [3.8, 4) is 17.2 Å². The van der Waals surface area contributed by atoms with E-state index in [2.05, 4.69) is 47.0 Å². The number of nitrogens with one attached hydrogen (secondary N) is 1. The highest BCUT2D eigenvalue weighted by atomic mass is 79.9. The highest BCUT2D eigenvalue weighted by Crippen LogP contribution is 2.30. The van der Waals surface area contributed by atoms with E-state index in [1.54, 1.807) is 13.4 Å². The smallest absolute Gasteiger partial charge is 0.226 e. The van der Waals surface area contributed by atoms with Crippen molar-refractivity contribution >= 4 is 15.9 Å². The molecule has 0 aliphatic carbocycles. The van der Waals surface area contributed by atoms with Crippen molar-refractivity contribution in [1.82, 2.24) is 10.3 Å². The molecule has 4 nitrogen and oxygen atoms in total. The van der Waals surface area contributed by atoms with Crippen molar-refractivity contribution in [3.05, 3.63) is 34.6 Å². The van der Waals surface area contributed by atoms with E-state index < -0.39 is 0 Å². The number of halogens is 1. The van der Waals surface area contributed by atoms with Crippen molar-refractivity contribution in [1.29, 1.82) is 0 Å². The molecular weight excluding hydrogens is 320 g/mol. The van der Waals surface area contributed by atoms with E-state index >= 15 is 0 Å². The van der Waals surface area contributed by atoms with Crippen LogP contribution in [0.5, 0.6) is 5.75 Å². The molecule has 20 heavy (non-hydrogen) atoms. The standard InChI is InChI=1S/C15H19BrN2O2/c1-15(2,3)17-8-11-9-20-14(18-11)10-5-6-13(19-4)12(16)7-10/h5-7,9,17H,8H2,1-4H3. The summed E-state index contributed by atoms with van der Waals surface area (Å²) in [4.78, 5) is 4.49. The minimum Gasteiger partial charge on any atom is -0.496 e. The summed E-state index contributed by atoms with van der Waals surface area (Å²) in [5, 5.41) is 3.38. The Hall–Kier alpha value is -1.33. The van der Waals surface area contributed by atoms with E-state index in [1.807, 2.05) is 18.2 Å². The fourth-order valence-corrected chi connectivity index (χ4v) is 2.22. The van der Waals surface area contributed by atoms with Crippen LogP contribution in [0.25, 0.3) is 11.5 Å². The van der Waals surface area contributed by atoms with Crippen molar-refractivity contribution in [2.75, 3.05) is 7.11 Å². The molecule has 0 aliphatic heterocycles. The number of aromatic nitrogens is 1. The monoisotopic (exact) mass is 338 g/mol. The van der Waals surface area contributed by atoms with Gasteiger partial charge in [-0.25, -0.2) is 4.98 Å².